The first-order chi connectivity index (χ1) is 12.2. The van der Waals surface area contributed by atoms with E-state index in [-0.39, 0.29) is 5.69 Å². The number of aliphatic imine (C=N–C) groups is 1. The third-order valence-electron chi connectivity index (χ3n) is 3.55. The Kier molecular flexibility index (Phi) is 5.16. The van der Waals surface area contributed by atoms with Gasteiger partial charge in [0.15, 0.2) is 0 Å². The van der Waals surface area contributed by atoms with Crippen LogP contribution >= 0.6 is 0 Å². The first kappa shape index (κ1) is 16.4. The van der Waals surface area contributed by atoms with Crippen molar-refractivity contribution in [1.82, 2.24) is 0 Å². The van der Waals surface area contributed by atoms with Gasteiger partial charge in [0.25, 0.3) is 5.69 Å². The van der Waals surface area contributed by atoms with Gasteiger partial charge in [-0.3, -0.25) is 15.1 Å². The Balaban J connectivity index is 1.76. The highest BCUT2D eigenvalue weighted by Crippen LogP contribution is 2.22. The van der Waals surface area contributed by atoms with E-state index < -0.39 is 4.92 Å². The fraction of sp³-hybridized carbons (Fsp3) is 0.0500. The summed E-state index contributed by atoms with van der Waals surface area (Å²) in [7, 11) is 0. The minimum absolute atomic E-state index is 0.0169. The number of rotatable bonds is 6. The summed E-state index contributed by atoms with van der Waals surface area (Å²) in [6.45, 7) is 0.461. The predicted octanol–water partition coefficient (Wildman–Crippen LogP) is 4.92. The highest BCUT2D eigenvalue weighted by Gasteiger charge is 2.05. The molecule has 0 fully saturated rings. The van der Waals surface area contributed by atoms with Gasteiger partial charge >= 0.3 is 0 Å². The van der Waals surface area contributed by atoms with E-state index in [0.29, 0.717) is 18.0 Å². The van der Waals surface area contributed by atoms with E-state index in [0.717, 1.165) is 11.1 Å². The van der Waals surface area contributed by atoms with Crippen molar-refractivity contribution in [2.75, 3.05) is 0 Å². The minimum Gasteiger partial charge on any atom is -0.488 e. The minimum atomic E-state index is -0.435. The maximum Gasteiger partial charge on any atom is 0.271 e. The van der Waals surface area contributed by atoms with Crippen LogP contribution in [0.5, 0.6) is 5.75 Å². The van der Waals surface area contributed by atoms with Crippen molar-refractivity contribution in [1.29, 1.82) is 0 Å². The summed E-state index contributed by atoms with van der Waals surface area (Å²) in [4.78, 5) is 14.7. The lowest BCUT2D eigenvalue weighted by atomic mass is 10.2. The highest BCUT2D eigenvalue weighted by molar-refractivity contribution is 5.85. The monoisotopic (exact) mass is 332 g/mol. The van der Waals surface area contributed by atoms with Crippen LogP contribution in [0.25, 0.3) is 0 Å². The summed E-state index contributed by atoms with van der Waals surface area (Å²) in [5.41, 5.74) is 2.42. The molecule has 25 heavy (non-hydrogen) atoms. The van der Waals surface area contributed by atoms with E-state index in [9.17, 15) is 10.1 Å². The fourth-order valence-electron chi connectivity index (χ4n) is 2.28. The van der Waals surface area contributed by atoms with E-state index in [1.54, 1.807) is 18.3 Å². The first-order valence-corrected chi connectivity index (χ1v) is 7.76. The molecular weight excluding hydrogens is 316 g/mol. The molecule has 0 N–H and O–H groups in total. The van der Waals surface area contributed by atoms with Gasteiger partial charge in [-0.1, -0.05) is 48.5 Å². The average molecular weight is 332 g/mol. The molecule has 0 aliphatic rings. The molecule has 3 aromatic rings. The second-order valence-corrected chi connectivity index (χ2v) is 5.35. The molecule has 124 valence electrons. The molecule has 0 aliphatic carbocycles. The van der Waals surface area contributed by atoms with Gasteiger partial charge in [-0.25, -0.2) is 0 Å². The molecule has 5 heteroatoms. The summed E-state index contributed by atoms with van der Waals surface area (Å²) < 4.78 is 5.87. The molecule has 3 aromatic carbocycles. The molecule has 3 rings (SSSR count). The van der Waals surface area contributed by atoms with E-state index in [1.165, 1.54) is 12.1 Å². The largest absolute Gasteiger partial charge is 0.488 e. The molecule has 0 atom stereocenters. The second kappa shape index (κ2) is 7.88. The van der Waals surface area contributed by atoms with Crippen LogP contribution in [-0.2, 0) is 6.61 Å². The summed E-state index contributed by atoms with van der Waals surface area (Å²) in [5.74, 6) is 0.709. The molecule has 0 bridgehead atoms. The summed E-state index contributed by atoms with van der Waals surface area (Å²) >= 11 is 0. The van der Waals surface area contributed by atoms with Gasteiger partial charge < -0.3 is 4.74 Å². The molecule has 0 unspecified atom stereocenters. The molecule has 0 amide bonds. The molecule has 0 aliphatic heterocycles. The number of hydrogen-bond donors (Lipinski definition) is 0. The van der Waals surface area contributed by atoms with Gasteiger partial charge in [-0.15, -0.1) is 0 Å². The molecule has 5 nitrogen and oxygen atoms in total. The number of benzene rings is 3. The standard InChI is InChI=1S/C20H16N2O3/c23-22(24)19-11-6-10-18(13-19)21-14-17-9-4-5-12-20(17)25-15-16-7-2-1-3-8-16/h1-14H,15H2. The average Bonchev–Trinajstić information content (AvgIpc) is 2.66. The van der Waals surface area contributed by atoms with Crippen molar-refractivity contribution >= 4 is 17.6 Å². The Morgan fingerprint density at radius 2 is 1.72 bits per heavy atom. The highest BCUT2D eigenvalue weighted by atomic mass is 16.6. The molecular formula is C20H16N2O3. The molecule has 0 saturated carbocycles. The van der Waals surface area contributed by atoms with Crippen LogP contribution in [-0.4, -0.2) is 11.1 Å². The normalized spacial score (nSPS) is 10.7. The molecule has 0 aromatic heterocycles. The lowest BCUT2D eigenvalue weighted by molar-refractivity contribution is -0.384. The number of nitro benzene ring substituents is 1. The van der Waals surface area contributed by atoms with Gasteiger partial charge in [0, 0.05) is 23.9 Å². The number of non-ortho nitro benzene ring substituents is 1. The molecule has 0 spiro atoms. The number of para-hydroxylation sites is 1. The van der Waals surface area contributed by atoms with Crippen molar-refractivity contribution in [2.24, 2.45) is 4.99 Å². The maximum atomic E-state index is 10.8. The smallest absolute Gasteiger partial charge is 0.271 e. The zero-order valence-electron chi connectivity index (χ0n) is 13.4. The van der Waals surface area contributed by atoms with Gasteiger partial charge in [-0.05, 0) is 23.8 Å². The zero-order valence-corrected chi connectivity index (χ0v) is 13.4. The lowest BCUT2D eigenvalue weighted by Gasteiger charge is -2.08. The molecule has 0 heterocycles. The fourth-order valence-corrected chi connectivity index (χ4v) is 2.28. The van der Waals surface area contributed by atoms with Crippen molar-refractivity contribution in [2.45, 2.75) is 6.61 Å². The van der Waals surface area contributed by atoms with E-state index >= 15 is 0 Å². The Morgan fingerprint density at radius 3 is 2.52 bits per heavy atom. The second-order valence-electron chi connectivity index (χ2n) is 5.35. The van der Waals surface area contributed by atoms with Crippen molar-refractivity contribution < 1.29 is 9.66 Å². The maximum absolute atomic E-state index is 10.8. The van der Waals surface area contributed by atoms with Crippen LogP contribution in [0.3, 0.4) is 0 Å². The number of ether oxygens (including phenoxy) is 1. The summed E-state index contributed by atoms with van der Waals surface area (Å²) in [5, 5.41) is 10.8. The molecule has 0 saturated heterocycles. The van der Waals surface area contributed by atoms with Gasteiger partial charge in [-0.2, -0.15) is 0 Å². The van der Waals surface area contributed by atoms with Crippen molar-refractivity contribution in [3.63, 3.8) is 0 Å². The topological polar surface area (TPSA) is 64.7 Å². The third-order valence-corrected chi connectivity index (χ3v) is 3.55. The Morgan fingerprint density at radius 1 is 0.960 bits per heavy atom. The Hall–Kier alpha value is -3.47. The van der Waals surface area contributed by atoms with Crippen LogP contribution in [0.4, 0.5) is 11.4 Å². The SMILES string of the molecule is O=[N+]([O-])c1cccc(N=Cc2ccccc2OCc2ccccc2)c1. The van der Waals surface area contributed by atoms with Gasteiger partial charge in [0.05, 0.1) is 10.6 Å². The van der Waals surface area contributed by atoms with E-state index in [4.69, 9.17) is 4.74 Å². The van der Waals surface area contributed by atoms with Crippen LogP contribution in [0.2, 0.25) is 0 Å². The zero-order chi connectivity index (χ0) is 17.5. The van der Waals surface area contributed by atoms with Crippen molar-refractivity contribution in [3.05, 3.63) is 100 Å². The van der Waals surface area contributed by atoms with Gasteiger partial charge in [0.1, 0.15) is 12.4 Å². The Labute approximate surface area is 145 Å². The van der Waals surface area contributed by atoms with Crippen LogP contribution in [0.1, 0.15) is 11.1 Å². The van der Waals surface area contributed by atoms with E-state index in [1.807, 2.05) is 54.6 Å². The lowest BCUT2D eigenvalue weighted by Crippen LogP contribution is -1.98. The van der Waals surface area contributed by atoms with Crippen LogP contribution < -0.4 is 4.74 Å². The summed E-state index contributed by atoms with van der Waals surface area (Å²) in [6, 6.07) is 23.7. The van der Waals surface area contributed by atoms with Crippen LogP contribution in [0, 0.1) is 10.1 Å². The Bertz CT molecular complexity index is 892. The predicted molar refractivity (Wildman–Crippen MR) is 97.6 cm³/mol. The number of nitrogens with zero attached hydrogens (tertiary/aromatic N) is 2. The number of hydrogen-bond acceptors (Lipinski definition) is 4. The van der Waals surface area contributed by atoms with E-state index in [2.05, 4.69) is 4.99 Å². The number of nitro groups is 1. The summed E-state index contributed by atoms with van der Waals surface area (Å²) in [6.07, 6.45) is 1.65. The van der Waals surface area contributed by atoms with Gasteiger partial charge in [0.2, 0.25) is 0 Å². The quantitative estimate of drug-likeness (QED) is 0.365. The third kappa shape index (κ3) is 4.51. The first-order valence-electron chi connectivity index (χ1n) is 7.76. The molecule has 0 radical (unpaired) electrons. The van der Waals surface area contributed by atoms with Crippen molar-refractivity contribution in [3.8, 4) is 5.75 Å². The van der Waals surface area contributed by atoms with Crippen LogP contribution in [0.15, 0.2) is 83.9 Å².